The summed E-state index contributed by atoms with van der Waals surface area (Å²) in [5.41, 5.74) is 1.98. The normalized spacial score (nSPS) is 17.3. The van der Waals surface area contributed by atoms with Crippen molar-refractivity contribution in [1.29, 1.82) is 0 Å². The Kier molecular flexibility index (Phi) is 6.86. The molecular weight excluding hydrogens is 296 g/mol. The molecule has 1 N–H and O–H groups in total. The van der Waals surface area contributed by atoms with Gasteiger partial charge in [-0.25, -0.2) is 13.1 Å². The maximum absolute atomic E-state index is 12.1. The van der Waals surface area contributed by atoms with E-state index in [0.717, 1.165) is 37.2 Å². The molecule has 0 aromatic heterocycles. The van der Waals surface area contributed by atoms with Crippen LogP contribution in [0.25, 0.3) is 0 Å². The van der Waals surface area contributed by atoms with Crippen LogP contribution in [0.4, 0.5) is 0 Å². The van der Waals surface area contributed by atoms with Crippen LogP contribution in [0.1, 0.15) is 43.2 Å². The van der Waals surface area contributed by atoms with Crippen LogP contribution >= 0.6 is 0 Å². The third-order valence-electron chi connectivity index (χ3n) is 4.15. The van der Waals surface area contributed by atoms with Gasteiger partial charge in [0.2, 0.25) is 10.0 Å². The summed E-state index contributed by atoms with van der Waals surface area (Å²) in [6.07, 6.45) is 6.10. The predicted molar refractivity (Wildman–Crippen MR) is 91.3 cm³/mol. The smallest absolute Gasteiger partial charge is 0.215 e. The lowest BCUT2D eigenvalue weighted by Gasteiger charge is -2.19. The average Bonchev–Trinajstić information content (AvgIpc) is 2.75. The molecule has 1 aliphatic heterocycles. The minimum Gasteiger partial charge on any atom is -0.303 e. The van der Waals surface area contributed by atoms with E-state index < -0.39 is 10.0 Å². The van der Waals surface area contributed by atoms with Gasteiger partial charge in [-0.1, -0.05) is 42.7 Å². The quantitative estimate of drug-likeness (QED) is 0.785. The average molecular weight is 324 g/mol. The van der Waals surface area contributed by atoms with Crippen molar-refractivity contribution in [2.24, 2.45) is 0 Å². The van der Waals surface area contributed by atoms with Gasteiger partial charge in [-0.05, 0) is 51.4 Å². The zero-order valence-corrected chi connectivity index (χ0v) is 14.4. The molecule has 0 spiro atoms. The summed E-state index contributed by atoms with van der Waals surface area (Å²) >= 11 is 0. The monoisotopic (exact) mass is 324 g/mol. The summed E-state index contributed by atoms with van der Waals surface area (Å²) in [5, 5.41) is 0. The first-order valence-electron chi connectivity index (χ1n) is 8.30. The first-order valence-corrected chi connectivity index (χ1v) is 9.96. The summed E-state index contributed by atoms with van der Waals surface area (Å²) in [6, 6.07) is 7.66. The van der Waals surface area contributed by atoms with Crippen molar-refractivity contribution in [2.75, 3.05) is 26.2 Å². The second kappa shape index (κ2) is 8.65. The molecule has 22 heavy (non-hydrogen) atoms. The Morgan fingerprint density at radius 2 is 1.68 bits per heavy atom. The number of aryl methyl sites for hydroxylation is 1. The minimum absolute atomic E-state index is 0.0665. The van der Waals surface area contributed by atoms with Crippen molar-refractivity contribution in [3.8, 4) is 0 Å². The van der Waals surface area contributed by atoms with Gasteiger partial charge in [-0.2, -0.15) is 0 Å². The molecule has 124 valence electrons. The molecule has 1 heterocycles. The van der Waals surface area contributed by atoms with Crippen molar-refractivity contribution >= 4 is 10.0 Å². The van der Waals surface area contributed by atoms with Crippen LogP contribution in [0.5, 0.6) is 0 Å². The second-order valence-electron chi connectivity index (χ2n) is 6.25. The van der Waals surface area contributed by atoms with Crippen molar-refractivity contribution in [3.63, 3.8) is 0 Å². The summed E-state index contributed by atoms with van der Waals surface area (Å²) in [6.45, 7) is 5.85. The molecular formula is C17H28N2O2S. The Labute approximate surface area is 135 Å². The third kappa shape index (κ3) is 6.46. The molecule has 0 radical (unpaired) electrons. The highest BCUT2D eigenvalue weighted by Crippen LogP contribution is 2.10. The van der Waals surface area contributed by atoms with Crippen molar-refractivity contribution in [2.45, 2.75) is 44.8 Å². The van der Waals surface area contributed by atoms with Crippen molar-refractivity contribution in [3.05, 3.63) is 35.4 Å². The Morgan fingerprint density at radius 1 is 1.05 bits per heavy atom. The van der Waals surface area contributed by atoms with Gasteiger partial charge in [-0.15, -0.1) is 0 Å². The van der Waals surface area contributed by atoms with Crippen LogP contribution in [-0.2, 0) is 15.8 Å². The van der Waals surface area contributed by atoms with Gasteiger partial charge in [0.15, 0.2) is 0 Å². The minimum atomic E-state index is -3.23. The molecule has 0 amide bonds. The van der Waals surface area contributed by atoms with Crippen LogP contribution in [-0.4, -0.2) is 39.5 Å². The fourth-order valence-corrected chi connectivity index (χ4v) is 4.03. The Hall–Kier alpha value is -0.910. The van der Waals surface area contributed by atoms with Crippen molar-refractivity contribution < 1.29 is 8.42 Å². The van der Waals surface area contributed by atoms with Crippen LogP contribution in [0, 0.1) is 6.92 Å². The van der Waals surface area contributed by atoms with Gasteiger partial charge in [-0.3, -0.25) is 0 Å². The SMILES string of the molecule is Cc1ccc(CS(=O)(=O)NCCCN2CCCCCC2)cc1. The Balaban J connectivity index is 1.69. The Morgan fingerprint density at radius 3 is 2.32 bits per heavy atom. The lowest BCUT2D eigenvalue weighted by Crippen LogP contribution is -2.31. The highest BCUT2D eigenvalue weighted by molar-refractivity contribution is 7.88. The summed E-state index contributed by atoms with van der Waals surface area (Å²) < 4.78 is 26.9. The fourth-order valence-electron chi connectivity index (χ4n) is 2.84. The van der Waals surface area contributed by atoms with E-state index >= 15 is 0 Å². The van der Waals surface area contributed by atoms with Gasteiger partial charge >= 0.3 is 0 Å². The summed E-state index contributed by atoms with van der Waals surface area (Å²) in [5.74, 6) is 0.0665. The number of rotatable bonds is 7. The van der Waals surface area contributed by atoms with E-state index in [2.05, 4.69) is 9.62 Å². The number of hydrogen-bond acceptors (Lipinski definition) is 3. The number of likely N-dealkylation sites (tertiary alicyclic amines) is 1. The maximum Gasteiger partial charge on any atom is 0.215 e. The van der Waals surface area contributed by atoms with E-state index in [1.807, 2.05) is 31.2 Å². The lowest BCUT2D eigenvalue weighted by atomic mass is 10.2. The van der Waals surface area contributed by atoms with Gasteiger partial charge in [0.1, 0.15) is 0 Å². The van der Waals surface area contributed by atoms with Gasteiger partial charge in [0, 0.05) is 6.54 Å². The fraction of sp³-hybridized carbons (Fsp3) is 0.647. The van der Waals surface area contributed by atoms with Gasteiger partial charge in [0.05, 0.1) is 5.75 Å². The molecule has 1 aromatic rings. The number of benzene rings is 1. The van der Waals surface area contributed by atoms with Crippen LogP contribution in [0.3, 0.4) is 0 Å². The zero-order valence-electron chi connectivity index (χ0n) is 13.6. The number of nitrogens with zero attached hydrogens (tertiary/aromatic N) is 1. The molecule has 1 aliphatic rings. The molecule has 1 aromatic carbocycles. The number of hydrogen-bond donors (Lipinski definition) is 1. The summed E-state index contributed by atoms with van der Waals surface area (Å²) in [4.78, 5) is 2.46. The topological polar surface area (TPSA) is 49.4 Å². The molecule has 5 heteroatoms. The second-order valence-corrected chi connectivity index (χ2v) is 8.06. The molecule has 0 atom stereocenters. The zero-order chi connectivity index (χ0) is 15.8. The van der Waals surface area contributed by atoms with E-state index in [0.29, 0.717) is 6.54 Å². The molecule has 4 nitrogen and oxygen atoms in total. The van der Waals surface area contributed by atoms with Crippen LogP contribution in [0.15, 0.2) is 24.3 Å². The van der Waals surface area contributed by atoms with E-state index in [4.69, 9.17) is 0 Å². The molecule has 2 rings (SSSR count). The largest absolute Gasteiger partial charge is 0.303 e. The summed E-state index contributed by atoms with van der Waals surface area (Å²) in [7, 11) is -3.23. The van der Waals surface area contributed by atoms with Gasteiger partial charge < -0.3 is 4.90 Å². The maximum atomic E-state index is 12.1. The predicted octanol–water partition coefficient (Wildman–Crippen LogP) is 2.68. The lowest BCUT2D eigenvalue weighted by molar-refractivity contribution is 0.282. The molecule has 0 aliphatic carbocycles. The van der Waals surface area contributed by atoms with E-state index in [9.17, 15) is 8.42 Å². The standard InChI is InChI=1S/C17H28N2O2S/c1-16-7-9-17(10-8-16)15-22(20,21)18-11-6-14-19-12-4-2-3-5-13-19/h7-10,18H,2-6,11-15H2,1H3. The number of sulfonamides is 1. The first-order chi connectivity index (χ1) is 10.6. The van der Waals surface area contributed by atoms with Crippen molar-refractivity contribution in [1.82, 2.24) is 9.62 Å². The third-order valence-corrected chi connectivity index (χ3v) is 5.51. The molecule has 1 saturated heterocycles. The molecule has 0 unspecified atom stereocenters. The van der Waals surface area contributed by atoms with Crippen LogP contribution in [0.2, 0.25) is 0 Å². The van der Waals surface area contributed by atoms with E-state index in [1.165, 1.54) is 25.7 Å². The molecule has 1 fully saturated rings. The van der Waals surface area contributed by atoms with Crippen LogP contribution < -0.4 is 4.72 Å². The van der Waals surface area contributed by atoms with E-state index in [1.54, 1.807) is 0 Å². The van der Waals surface area contributed by atoms with Gasteiger partial charge in [0.25, 0.3) is 0 Å². The molecule has 0 saturated carbocycles. The number of nitrogens with one attached hydrogen (secondary N) is 1. The highest BCUT2D eigenvalue weighted by atomic mass is 32.2. The van der Waals surface area contributed by atoms with E-state index in [-0.39, 0.29) is 5.75 Å². The Bertz CT molecular complexity index is 532. The molecule has 0 bridgehead atoms. The highest BCUT2D eigenvalue weighted by Gasteiger charge is 2.12. The first kappa shape index (κ1) is 17.4.